The molecule has 0 radical (unpaired) electrons. The number of benzene rings is 2. The molecule has 0 fully saturated rings. The maximum atomic E-state index is 12.6. The quantitative estimate of drug-likeness (QED) is 0.539. The lowest BCUT2D eigenvalue weighted by Crippen LogP contribution is -2.28. The zero-order chi connectivity index (χ0) is 20.5. The number of nitrogens with zero attached hydrogens (tertiary/aromatic N) is 4. The smallest absolute Gasteiger partial charge is 0.352 e. The van der Waals surface area contributed by atoms with Gasteiger partial charge in [0.15, 0.2) is 5.65 Å². The first kappa shape index (κ1) is 18.8. The van der Waals surface area contributed by atoms with Gasteiger partial charge in [-0.05, 0) is 30.3 Å². The molecule has 1 amide bonds. The maximum Gasteiger partial charge on any atom is 0.352 e. The van der Waals surface area contributed by atoms with Gasteiger partial charge in [-0.25, -0.2) is 18.9 Å². The third-order valence-corrected chi connectivity index (χ3v) is 4.59. The van der Waals surface area contributed by atoms with Gasteiger partial charge >= 0.3 is 5.69 Å². The molecule has 0 aliphatic rings. The monoisotopic (exact) mass is 413 g/mol. The Balaban J connectivity index is 1.65. The number of carbonyl (C=O) groups is 1. The largest absolute Gasteiger partial charge is 0.497 e. The average molecular weight is 414 g/mol. The Morgan fingerprint density at radius 3 is 2.76 bits per heavy atom. The van der Waals surface area contributed by atoms with Crippen LogP contribution in [0.4, 0.5) is 5.69 Å². The van der Waals surface area contributed by atoms with Crippen LogP contribution in [0.15, 0.2) is 47.5 Å². The summed E-state index contributed by atoms with van der Waals surface area (Å²) in [6.07, 6.45) is 1.38. The number of amides is 1. The Labute approximate surface area is 169 Å². The molecule has 0 unspecified atom stereocenters. The first-order valence-corrected chi connectivity index (χ1v) is 8.93. The van der Waals surface area contributed by atoms with Crippen molar-refractivity contribution < 1.29 is 14.3 Å². The van der Waals surface area contributed by atoms with Crippen LogP contribution in [0, 0.1) is 0 Å². The molecule has 2 aromatic heterocycles. The van der Waals surface area contributed by atoms with E-state index >= 15 is 0 Å². The Morgan fingerprint density at radius 2 is 2.00 bits per heavy atom. The number of halogens is 1. The molecule has 0 aliphatic heterocycles. The van der Waals surface area contributed by atoms with Gasteiger partial charge in [-0.3, -0.25) is 4.79 Å². The van der Waals surface area contributed by atoms with Crippen LogP contribution < -0.4 is 20.5 Å². The zero-order valence-electron chi connectivity index (χ0n) is 15.5. The Hall–Kier alpha value is -3.59. The molecule has 1 N–H and O–H groups in total. The van der Waals surface area contributed by atoms with Gasteiger partial charge < -0.3 is 14.8 Å². The van der Waals surface area contributed by atoms with E-state index in [-0.39, 0.29) is 6.54 Å². The van der Waals surface area contributed by atoms with Crippen molar-refractivity contribution in [3.8, 4) is 11.5 Å². The highest BCUT2D eigenvalue weighted by molar-refractivity contribution is 6.31. The van der Waals surface area contributed by atoms with E-state index in [0.717, 1.165) is 4.68 Å². The molecule has 0 bridgehead atoms. The van der Waals surface area contributed by atoms with Gasteiger partial charge in [-0.15, -0.1) is 5.10 Å². The molecule has 4 rings (SSSR count). The number of carbonyl (C=O) groups excluding carboxylic acids is 1. The van der Waals surface area contributed by atoms with Crippen molar-refractivity contribution in [2.45, 2.75) is 6.54 Å². The van der Waals surface area contributed by atoms with Crippen LogP contribution in [0.1, 0.15) is 0 Å². The highest BCUT2D eigenvalue weighted by atomic mass is 35.5. The number of nitrogens with one attached hydrogen (secondary N) is 1. The topological polar surface area (TPSA) is 99.7 Å². The van der Waals surface area contributed by atoms with Crippen LogP contribution in [0.3, 0.4) is 0 Å². The minimum Gasteiger partial charge on any atom is -0.497 e. The van der Waals surface area contributed by atoms with E-state index < -0.39 is 11.6 Å². The highest BCUT2D eigenvalue weighted by Gasteiger charge is 2.15. The van der Waals surface area contributed by atoms with Gasteiger partial charge in [-0.1, -0.05) is 11.6 Å². The number of aromatic nitrogens is 4. The van der Waals surface area contributed by atoms with Crippen LogP contribution in [-0.4, -0.2) is 39.3 Å². The Kier molecular flexibility index (Phi) is 4.81. The molecule has 29 heavy (non-hydrogen) atoms. The Morgan fingerprint density at radius 1 is 1.17 bits per heavy atom. The molecule has 10 heteroatoms. The number of anilines is 1. The standard InChI is InChI=1S/C19H16ClN5O4/c1-28-12-4-6-15(16(8-12)29-2)22-17(26)9-25-19(27)24-10-21-14-5-3-11(20)7-13(14)18(24)23-25/h3-8,10H,9H2,1-2H3,(H,22,26). The van der Waals surface area contributed by atoms with Crippen LogP contribution in [0.2, 0.25) is 5.02 Å². The normalized spacial score (nSPS) is 11.0. The van der Waals surface area contributed by atoms with E-state index in [0.29, 0.717) is 38.8 Å². The van der Waals surface area contributed by atoms with Gasteiger partial charge in [0.1, 0.15) is 24.4 Å². The second kappa shape index (κ2) is 7.44. The molecule has 2 aromatic carbocycles. The van der Waals surface area contributed by atoms with Gasteiger partial charge in [0.25, 0.3) is 0 Å². The van der Waals surface area contributed by atoms with Crippen LogP contribution in [0.25, 0.3) is 16.6 Å². The van der Waals surface area contributed by atoms with Crippen LogP contribution in [0.5, 0.6) is 11.5 Å². The molecular formula is C19H16ClN5O4. The van der Waals surface area contributed by atoms with Crippen LogP contribution in [-0.2, 0) is 11.3 Å². The second-order valence-electron chi connectivity index (χ2n) is 6.15. The summed E-state index contributed by atoms with van der Waals surface area (Å²) in [5.74, 6) is 0.591. The van der Waals surface area contributed by atoms with E-state index in [4.69, 9.17) is 21.1 Å². The highest BCUT2D eigenvalue weighted by Crippen LogP contribution is 2.29. The van der Waals surface area contributed by atoms with E-state index in [2.05, 4.69) is 15.4 Å². The lowest BCUT2D eigenvalue weighted by Gasteiger charge is -2.11. The van der Waals surface area contributed by atoms with Gasteiger partial charge in [0.2, 0.25) is 5.91 Å². The maximum absolute atomic E-state index is 12.6. The van der Waals surface area contributed by atoms with Crippen molar-refractivity contribution in [3.63, 3.8) is 0 Å². The number of hydrogen-bond acceptors (Lipinski definition) is 6. The molecule has 0 atom stereocenters. The molecule has 2 heterocycles. The molecular weight excluding hydrogens is 398 g/mol. The van der Waals surface area contributed by atoms with Crippen molar-refractivity contribution in [3.05, 3.63) is 58.2 Å². The third kappa shape index (κ3) is 3.47. The van der Waals surface area contributed by atoms with Crippen molar-refractivity contribution in [2.75, 3.05) is 19.5 Å². The van der Waals surface area contributed by atoms with Crippen LogP contribution >= 0.6 is 11.6 Å². The summed E-state index contributed by atoms with van der Waals surface area (Å²) in [4.78, 5) is 29.4. The molecule has 9 nitrogen and oxygen atoms in total. The number of rotatable bonds is 5. The fourth-order valence-electron chi connectivity index (χ4n) is 2.96. The molecule has 148 valence electrons. The summed E-state index contributed by atoms with van der Waals surface area (Å²) in [6.45, 7) is -0.280. The van der Waals surface area contributed by atoms with Gasteiger partial charge in [-0.2, -0.15) is 0 Å². The molecule has 0 saturated carbocycles. The number of methoxy groups -OCH3 is 2. The Bertz CT molecular complexity index is 1300. The molecule has 0 aliphatic carbocycles. The molecule has 0 spiro atoms. The van der Waals surface area contributed by atoms with Gasteiger partial charge in [0.05, 0.1) is 25.4 Å². The van der Waals surface area contributed by atoms with Crippen molar-refractivity contribution >= 4 is 39.7 Å². The first-order chi connectivity index (χ1) is 14.0. The summed E-state index contributed by atoms with van der Waals surface area (Å²) >= 11 is 6.06. The van der Waals surface area contributed by atoms with E-state index in [1.54, 1.807) is 36.4 Å². The number of hydrogen-bond donors (Lipinski definition) is 1. The lowest BCUT2D eigenvalue weighted by molar-refractivity contribution is -0.117. The fourth-order valence-corrected chi connectivity index (χ4v) is 3.13. The first-order valence-electron chi connectivity index (χ1n) is 8.55. The van der Waals surface area contributed by atoms with E-state index in [1.165, 1.54) is 24.9 Å². The summed E-state index contributed by atoms with van der Waals surface area (Å²) < 4.78 is 12.8. The second-order valence-corrected chi connectivity index (χ2v) is 6.59. The molecule has 4 aromatic rings. The summed E-state index contributed by atoms with van der Waals surface area (Å²) in [5.41, 5.74) is 0.990. The molecule has 0 saturated heterocycles. The minimum absolute atomic E-state index is 0.280. The predicted molar refractivity (Wildman–Crippen MR) is 108 cm³/mol. The fraction of sp³-hybridized carbons (Fsp3) is 0.158. The third-order valence-electron chi connectivity index (χ3n) is 4.36. The van der Waals surface area contributed by atoms with Crippen molar-refractivity contribution in [2.24, 2.45) is 0 Å². The predicted octanol–water partition coefficient (Wildman–Crippen LogP) is 2.35. The SMILES string of the molecule is COc1ccc(NC(=O)Cn2nc3c4cc(Cl)ccc4ncn3c2=O)c(OC)c1. The number of fused-ring (bicyclic) bond motifs is 3. The zero-order valence-corrected chi connectivity index (χ0v) is 16.3. The lowest BCUT2D eigenvalue weighted by atomic mass is 10.2. The van der Waals surface area contributed by atoms with Crippen molar-refractivity contribution in [1.29, 1.82) is 0 Å². The van der Waals surface area contributed by atoms with E-state index in [1.807, 2.05) is 0 Å². The summed E-state index contributed by atoms with van der Waals surface area (Å²) in [5, 5.41) is 8.12. The van der Waals surface area contributed by atoms with Crippen molar-refractivity contribution in [1.82, 2.24) is 19.2 Å². The summed E-state index contributed by atoms with van der Waals surface area (Å²) in [7, 11) is 3.02. The minimum atomic E-state index is -0.480. The van der Waals surface area contributed by atoms with Gasteiger partial charge in [0, 0.05) is 16.5 Å². The van der Waals surface area contributed by atoms with E-state index in [9.17, 15) is 9.59 Å². The number of ether oxygens (including phenoxy) is 2. The summed E-state index contributed by atoms with van der Waals surface area (Å²) in [6, 6.07) is 10.1. The average Bonchev–Trinajstić information content (AvgIpc) is 3.04.